The van der Waals surface area contributed by atoms with Crippen LogP contribution in [0.1, 0.15) is 17.2 Å². The predicted molar refractivity (Wildman–Crippen MR) is 85.1 cm³/mol. The molecule has 0 unspecified atom stereocenters. The molecule has 112 valence electrons. The second kappa shape index (κ2) is 6.85. The lowest BCUT2D eigenvalue weighted by molar-refractivity contribution is 0.487. The van der Waals surface area contributed by atoms with E-state index in [-0.39, 0.29) is 6.04 Å². The Labute approximate surface area is 126 Å². The second-order valence-electron chi connectivity index (χ2n) is 5.06. The van der Waals surface area contributed by atoms with Crippen LogP contribution in [0.15, 0.2) is 60.7 Å². The van der Waals surface area contributed by atoms with Crippen molar-refractivity contribution in [1.82, 2.24) is 9.03 Å². The Kier molecular flexibility index (Phi) is 5.12. The van der Waals surface area contributed by atoms with Crippen molar-refractivity contribution in [3.8, 4) is 0 Å². The van der Waals surface area contributed by atoms with E-state index < -0.39 is 10.2 Å². The third-order valence-electron chi connectivity index (χ3n) is 3.26. The molecular weight excluding hydrogens is 284 g/mol. The molecule has 2 aromatic rings. The first-order chi connectivity index (χ1) is 9.99. The zero-order valence-electron chi connectivity index (χ0n) is 12.2. The van der Waals surface area contributed by atoms with Crippen molar-refractivity contribution in [1.29, 1.82) is 0 Å². The van der Waals surface area contributed by atoms with Gasteiger partial charge in [0, 0.05) is 14.1 Å². The van der Waals surface area contributed by atoms with E-state index in [2.05, 4.69) is 4.72 Å². The summed E-state index contributed by atoms with van der Waals surface area (Å²) in [4.78, 5) is 0. The highest BCUT2D eigenvalue weighted by atomic mass is 32.2. The number of nitrogens with zero attached hydrogens (tertiary/aromatic N) is 1. The van der Waals surface area contributed by atoms with E-state index >= 15 is 0 Å². The van der Waals surface area contributed by atoms with Crippen LogP contribution < -0.4 is 4.72 Å². The van der Waals surface area contributed by atoms with E-state index in [0.29, 0.717) is 6.42 Å². The summed E-state index contributed by atoms with van der Waals surface area (Å²) in [5.41, 5.74) is 2.04. The minimum Gasteiger partial charge on any atom is -0.195 e. The minimum atomic E-state index is -3.48. The van der Waals surface area contributed by atoms with Gasteiger partial charge in [-0.3, -0.25) is 0 Å². The van der Waals surface area contributed by atoms with Gasteiger partial charge in [-0.2, -0.15) is 17.4 Å². The van der Waals surface area contributed by atoms with Gasteiger partial charge in [0.15, 0.2) is 0 Å². The van der Waals surface area contributed by atoms with Crippen LogP contribution in [0.3, 0.4) is 0 Å². The number of rotatable bonds is 6. The molecule has 0 spiro atoms. The van der Waals surface area contributed by atoms with Gasteiger partial charge in [0.25, 0.3) is 10.2 Å². The Morgan fingerprint density at radius 1 is 0.952 bits per heavy atom. The van der Waals surface area contributed by atoms with Gasteiger partial charge in [-0.15, -0.1) is 0 Å². The van der Waals surface area contributed by atoms with Gasteiger partial charge in [-0.25, -0.2) is 0 Å². The molecular formula is C16H20N2O2S. The summed E-state index contributed by atoms with van der Waals surface area (Å²) in [5.74, 6) is 0. The first-order valence-electron chi connectivity index (χ1n) is 6.77. The van der Waals surface area contributed by atoms with E-state index in [1.807, 2.05) is 60.7 Å². The molecule has 0 bridgehead atoms. The number of benzene rings is 2. The lowest BCUT2D eigenvalue weighted by Gasteiger charge is -2.22. The molecule has 21 heavy (non-hydrogen) atoms. The maximum atomic E-state index is 12.1. The summed E-state index contributed by atoms with van der Waals surface area (Å²) in [6, 6.07) is 19.2. The quantitative estimate of drug-likeness (QED) is 0.890. The van der Waals surface area contributed by atoms with Crippen molar-refractivity contribution in [3.05, 3.63) is 71.8 Å². The summed E-state index contributed by atoms with van der Waals surface area (Å²) in [6.07, 6.45) is 0.609. The van der Waals surface area contributed by atoms with Gasteiger partial charge in [-0.1, -0.05) is 60.7 Å². The molecule has 0 saturated heterocycles. The summed E-state index contributed by atoms with van der Waals surface area (Å²) in [5, 5.41) is 0. The van der Waals surface area contributed by atoms with Crippen LogP contribution >= 0.6 is 0 Å². The van der Waals surface area contributed by atoms with Gasteiger partial charge < -0.3 is 0 Å². The second-order valence-corrected chi connectivity index (χ2v) is 6.97. The average Bonchev–Trinajstić information content (AvgIpc) is 2.48. The van der Waals surface area contributed by atoms with E-state index in [4.69, 9.17) is 0 Å². The Hall–Kier alpha value is -1.69. The standard InChI is InChI=1S/C16H20N2O2S/c1-18(2)21(19,20)17-16(15-11-7-4-8-12-15)13-14-9-5-3-6-10-14/h3-12,16-17H,13H2,1-2H3/t16-/m1/s1. The summed E-state index contributed by atoms with van der Waals surface area (Å²) in [7, 11) is -0.441. The van der Waals surface area contributed by atoms with E-state index in [0.717, 1.165) is 11.1 Å². The topological polar surface area (TPSA) is 49.4 Å². The molecule has 0 aliphatic carbocycles. The number of hydrogen-bond donors (Lipinski definition) is 1. The lowest BCUT2D eigenvalue weighted by atomic mass is 10.00. The van der Waals surface area contributed by atoms with Crippen LogP contribution in [0, 0.1) is 0 Å². The van der Waals surface area contributed by atoms with Crippen molar-refractivity contribution >= 4 is 10.2 Å². The fourth-order valence-corrected chi connectivity index (χ4v) is 2.84. The van der Waals surface area contributed by atoms with Crippen molar-refractivity contribution in [2.75, 3.05) is 14.1 Å². The smallest absolute Gasteiger partial charge is 0.195 e. The average molecular weight is 304 g/mol. The maximum absolute atomic E-state index is 12.1. The van der Waals surface area contributed by atoms with Gasteiger partial charge in [0.2, 0.25) is 0 Å². The van der Waals surface area contributed by atoms with E-state index in [9.17, 15) is 8.42 Å². The molecule has 0 heterocycles. The highest BCUT2D eigenvalue weighted by Gasteiger charge is 2.21. The Balaban J connectivity index is 2.27. The molecule has 0 fully saturated rings. The normalized spacial score (nSPS) is 13.3. The molecule has 1 N–H and O–H groups in total. The monoisotopic (exact) mass is 304 g/mol. The highest BCUT2D eigenvalue weighted by molar-refractivity contribution is 7.87. The summed E-state index contributed by atoms with van der Waals surface area (Å²) < 4.78 is 28.2. The van der Waals surface area contributed by atoms with Gasteiger partial charge in [0.1, 0.15) is 0 Å². The number of nitrogens with one attached hydrogen (secondary N) is 1. The third kappa shape index (κ3) is 4.39. The van der Waals surface area contributed by atoms with Crippen LogP contribution in [0.4, 0.5) is 0 Å². The molecule has 1 atom stereocenters. The molecule has 0 radical (unpaired) electrons. The fourth-order valence-electron chi connectivity index (χ4n) is 2.05. The van der Waals surface area contributed by atoms with Crippen LogP contribution in [0.2, 0.25) is 0 Å². The first kappa shape index (κ1) is 15.7. The molecule has 0 aliphatic heterocycles. The Morgan fingerprint density at radius 3 is 2.00 bits per heavy atom. The number of hydrogen-bond acceptors (Lipinski definition) is 2. The minimum absolute atomic E-state index is 0.291. The van der Waals surface area contributed by atoms with Gasteiger partial charge >= 0.3 is 0 Å². The SMILES string of the molecule is CN(C)S(=O)(=O)N[C@H](Cc1ccccc1)c1ccccc1. The molecule has 0 saturated carbocycles. The zero-order chi connectivity index (χ0) is 15.3. The molecule has 5 heteroatoms. The molecule has 2 aromatic carbocycles. The van der Waals surface area contributed by atoms with Crippen LogP contribution in [-0.4, -0.2) is 26.8 Å². The molecule has 4 nitrogen and oxygen atoms in total. The first-order valence-corrected chi connectivity index (χ1v) is 8.22. The van der Waals surface area contributed by atoms with Crippen molar-refractivity contribution in [3.63, 3.8) is 0 Å². The Morgan fingerprint density at radius 2 is 1.48 bits per heavy atom. The van der Waals surface area contributed by atoms with Gasteiger partial charge in [-0.05, 0) is 17.5 Å². The van der Waals surface area contributed by atoms with Crippen LogP contribution in [-0.2, 0) is 16.6 Å². The summed E-state index contributed by atoms with van der Waals surface area (Å²) in [6.45, 7) is 0. The zero-order valence-corrected chi connectivity index (χ0v) is 13.0. The largest absolute Gasteiger partial charge is 0.279 e. The molecule has 0 aromatic heterocycles. The molecule has 0 amide bonds. The lowest BCUT2D eigenvalue weighted by Crippen LogP contribution is -2.38. The van der Waals surface area contributed by atoms with Crippen molar-refractivity contribution < 1.29 is 8.42 Å². The van der Waals surface area contributed by atoms with E-state index in [1.54, 1.807) is 0 Å². The fraction of sp³-hybridized carbons (Fsp3) is 0.250. The highest BCUT2D eigenvalue weighted by Crippen LogP contribution is 2.19. The predicted octanol–water partition coefficient (Wildman–Crippen LogP) is 2.37. The van der Waals surface area contributed by atoms with E-state index in [1.165, 1.54) is 18.4 Å². The van der Waals surface area contributed by atoms with Crippen LogP contribution in [0.5, 0.6) is 0 Å². The van der Waals surface area contributed by atoms with Crippen LogP contribution in [0.25, 0.3) is 0 Å². The van der Waals surface area contributed by atoms with Crippen molar-refractivity contribution in [2.24, 2.45) is 0 Å². The molecule has 2 rings (SSSR count). The maximum Gasteiger partial charge on any atom is 0.279 e. The van der Waals surface area contributed by atoms with Gasteiger partial charge in [0.05, 0.1) is 6.04 Å². The van der Waals surface area contributed by atoms with Crippen molar-refractivity contribution in [2.45, 2.75) is 12.5 Å². The summed E-state index contributed by atoms with van der Waals surface area (Å²) >= 11 is 0. The Bertz CT molecular complexity index is 655. The molecule has 0 aliphatic rings. The third-order valence-corrected chi connectivity index (χ3v) is 4.80.